The van der Waals surface area contributed by atoms with Crippen molar-refractivity contribution in [2.45, 2.75) is 0 Å². The summed E-state index contributed by atoms with van der Waals surface area (Å²) in [5.74, 6) is 0. The van der Waals surface area contributed by atoms with Gasteiger partial charge in [0.2, 0.25) is 0 Å². The molecular weight excluding hydrogens is 353 g/mol. The quantitative estimate of drug-likeness (QED) is 0.490. The van der Waals surface area contributed by atoms with Gasteiger partial charge in [-0.05, 0) is 34.6 Å². The van der Waals surface area contributed by atoms with Gasteiger partial charge in [-0.3, -0.25) is 0 Å². The molecule has 8 atom stereocenters. The molecule has 12 heavy (non-hydrogen) atoms. The fraction of sp³-hybridized carbons (Fsp3) is 1.00. The molecule has 0 radical (unpaired) electrons. The Balaban J connectivity index is 4.36. The molecule has 0 saturated carbocycles. The van der Waals surface area contributed by atoms with E-state index in [1.54, 1.807) is 0 Å². The van der Waals surface area contributed by atoms with E-state index >= 15 is 0 Å². The van der Waals surface area contributed by atoms with Gasteiger partial charge >= 0.3 is 0 Å². The average molecular weight is 370 g/mol. The van der Waals surface area contributed by atoms with Gasteiger partial charge in [-0.15, -0.1) is 44.6 Å². The fourth-order valence-electron chi connectivity index (χ4n) is 0.343. The summed E-state index contributed by atoms with van der Waals surface area (Å²) < 4.78 is 8.28. The third kappa shape index (κ3) is 7.92. The van der Waals surface area contributed by atoms with Crippen LogP contribution >= 0.6 is 88.8 Å². The highest BCUT2D eigenvalue weighted by atomic mass is 33.2. The average Bonchev–Trinajstić information content (AvgIpc) is 2.01. The van der Waals surface area contributed by atoms with E-state index < -0.39 is 7.90 Å². The van der Waals surface area contributed by atoms with Crippen LogP contribution in [0.25, 0.3) is 0 Å². The second-order valence-corrected chi connectivity index (χ2v) is 41.5. The molecule has 11 heteroatoms. The summed E-state index contributed by atoms with van der Waals surface area (Å²) in [6, 6.07) is 0. The first-order chi connectivity index (χ1) is 5.91. The second-order valence-electron chi connectivity index (χ2n) is 1.69. The van der Waals surface area contributed by atoms with Crippen molar-refractivity contribution < 1.29 is 0 Å². The van der Waals surface area contributed by atoms with Crippen LogP contribution in [0, 0.1) is 0 Å². The van der Waals surface area contributed by atoms with Gasteiger partial charge in [0.05, 0.1) is 1.28 Å². The van der Waals surface area contributed by atoms with Crippen molar-refractivity contribution in [3.8, 4) is 0 Å². The zero-order chi connectivity index (χ0) is 10.6. The van der Waals surface area contributed by atoms with Crippen LogP contribution in [0.5, 0.6) is 0 Å². The van der Waals surface area contributed by atoms with Gasteiger partial charge in [-0.1, -0.05) is 16.2 Å². The highest BCUT2D eigenvalue weighted by molar-refractivity contribution is 9.14. The zero-order valence-electron chi connectivity index (χ0n) is 7.62. The third-order valence-electron chi connectivity index (χ3n) is 0.819. The largest absolute Gasteiger partial charge is 0.102 e. The molecule has 0 fully saturated rings. The molecule has 0 rings (SSSR count). The highest BCUT2D eigenvalue weighted by Crippen LogP contribution is 3.09. The lowest BCUT2D eigenvalue weighted by Crippen LogP contribution is -1.38. The molecule has 0 heterocycles. The molecule has 0 aliphatic heterocycles. The summed E-state index contributed by atoms with van der Waals surface area (Å²) in [6.07, 6.45) is 0. The third-order valence-corrected chi connectivity index (χ3v) is 53.9. The summed E-state index contributed by atoms with van der Waals surface area (Å²) >= 11 is 0. The maximum atomic E-state index is 8.28. The summed E-state index contributed by atoms with van der Waals surface area (Å²) in [6.45, 7) is 2.02. The van der Waals surface area contributed by atoms with E-state index in [-0.39, 0.29) is 27.9 Å². The van der Waals surface area contributed by atoms with E-state index in [0.29, 0.717) is 0 Å². The Morgan fingerprint density at radius 2 is 1.50 bits per heavy atom. The SMILES string of the molecule is [3H]P(P(P)PC)P(P(P)P)P(P)P. The van der Waals surface area contributed by atoms with Crippen LogP contribution in [-0.2, 0) is 0 Å². The van der Waals surface area contributed by atoms with Crippen molar-refractivity contribution in [3.63, 3.8) is 0 Å². The highest BCUT2D eigenvalue weighted by Gasteiger charge is 2.19. The first kappa shape index (κ1) is 14.8. The minimum Gasteiger partial charge on any atom is -0.102 e. The van der Waals surface area contributed by atoms with E-state index in [4.69, 9.17) is 1.28 Å². The van der Waals surface area contributed by atoms with Gasteiger partial charge in [0.25, 0.3) is 0 Å². The Hall–Kier alpha value is 4.73. The van der Waals surface area contributed by atoms with Gasteiger partial charge in [0, 0.05) is 0 Å². The topological polar surface area (TPSA) is 0 Å². The van der Waals surface area contributed by atoms with Crippen LogP contribution in [0.3, 0.4) is 0 Å². The monoisotopic (exact) mass is 370 g/mol. The molecule has 0 aliphatic carbocycles. The maximum absolute atomic E-state index is 8.28. The van der Waals surface area contributed by atoms with Crippen LogP contribution in [0.2, 0.25) is 0 Å². The molecule has 74 valence electrons. The van der Waals surface area contributed by atoms with Gasteiger partial charge in [0.15, 0.2) is 0 Å². The van der Waals surface area contributed by atoms with Crippen LogP contribution in [0.1, 0.15) is 0 Å². The van der Waals surface area contributed by atoms with Gasteiger partial charge in [-0.2, -0.15) is 0 Å². The van der Waals surface area contributed by atoms with E-state index in [1.807, 2.05) is 0 Å². The normalized spacial score (nSPS) is 19.6. The van der Waals surface area contributed by atoms with Crippen molar-refractivity contribution in [2.75, 3.05) is 6.66 Å². The van der Waals surface area contributed by atoms with Crippen molar-refractivity contribution in [3.05, 3.63) is 0 Å². The molecule has 0 saturated heterocycles. The van der Waals surface area contributed by atoms with E-state index in [1.165, 1.54) is 0 Å². The molecule has 0 amide bonds. The lowest BCUT2D eigenvalue weighted by molar-refractivity contribution is 2.51. The zero-order valence-corrected chi connectivity index (χ0v) is 17.9. The molecule has 0 aromatic carbocycles. The summed E-state index contributed by atoms with van der Waals surface area (Å²) in [4.78, 5) is 0. The molecule has 8 unspecified atom stereocenters. The van der Waals surface area contributed by atoms with Gasteiger partial charge in [0.1, 0.15) is 0 Å². The predicted molar refractivity (Wildman–Crippen MR) is 98.8 cm³/mol. The second kappa shape index (κ2) is 9.73. The first-order valence-electron chi connectivity index (χ1n) is 3.26. The summed E-state index contributed by atoms with van der Waals surface area (Å²) in [7, 11) is 15.1. The van der Waals surface area contributed by atoms with Crippen molar-refractivity contribution in [1.29, 1.82) is 1.28 Å². The standard InChI is InChI=1S/CH15P11/c1-7-11(6)8-12(9(2)3)10(4)5/h7-8H,2-6H2,1H3/i8T. The lowest BCUT2D eigenvalue weighted by Gasteiger charge is -2.27. The van der Waals surface area contributed by atoms with Crippen LogP contribution in [-0.4, -0.2) is 7.94 Å². The Labute approximate surface area is 96.4 Å². The van der Waals surface area contributed by atoms with Gasteiger partial charge < -0.3 is 0 Å². The maximum Gasteiger partial charge on any atom is 0.0689 e. The van der Waals surface area contributed by atoms with Crippen molar-refractivity contribution >= 4 is 88.8 Å². The van der Waals surface area contributed by atoms with Crippen molar-refractivity contribution in [1.82, 2.24) is 0 Å². The Bertz CT molecular complexity index is 126. The van der Waals surface area contributed by atoms with Crippen LogP contribution < -0.4 is 0 Å². The molecule has 0 spiro atoms. The van der Waals surface area contributed by atoms with Crippen molar-refractivity contribution in [2.24, 2.45) is 0 Å². The van der Waals surface area contributed by atoms with E-state index in [0.717, 1.165) is 8.27 Å². The molecular formula is CH15P11. The fourth-order valence-corrected chi connectivity index (χ4v) is 76.0. The van der Waals surface area contributed by atoms with E-state index in [2.05, 4.69) is 51.3 Å². The van der Waals surface area contributed by atoms with E-state index in [9.17, 15) is 0 Å². The first-order valence-corrected chi connectivity index (χ1v) is 22.3. The summed E-state index contributed by atoms with van der Waals surface area (Å²) in [5, 5.41) is 0. The lowest BCUT2D eigenvalue weighted by atomic mass is 12.0. The molecule has 0 aliphatic rings. The number of hydrogen-bond acceptors (Lipinski definition) is 0. The molecule has 0 aromatic rings. The number of rotatable bonds is 5. The Kier molecular flexibility index (Phi) is 12.0. The summed E-state index contributed by atoms with van der Waals surface area (Å²) in [5.41, 5.74) is 0. The molecule has 0 bridgehead atoms. The minimum absolute atomic E-state index is 0.0470. The Morgan fingerprint density at radius 1 is 1.08 bits per heavy atom. The van der Waals surface area contributed by atoms with Crippen LogP contribution in [0.15, 0.2) is 0 Å². The molecule has 0 nitrogen and oxygen atoms in total. The molecule has 0 N–H and O–H groups in total. The predicted octanol–water partition coefficient (Wildman–Crippen LogP) is 6.43. The smallest absolute Gasteiger partial charge is 0.0689 e. The Morgan fingerprint density at radius 3 is 1.75 bits per heavy atom. The molecule has 0 aromatic heterocycles. The van der Waals surface area contributed by atoms with Gasteiger partial charge in [-0.25, -0.2) is 0 Å². The van der Waals surface area contributed by atoms with Crippen LogP contribution in [0.4, 0.5) is 0 Å². The number of hydrogen-bond donors (Lipinski definition) is 0. The minimum atomic E-state index is -0.455.